The van der Waals surface area contributed by atoms with Crippen LogP contribution in [0, 0.1) is 0 Å². The molecule has 6 heteroatoms. The molecule has 0 spiro atoms. The Balaban J connectivity index is 3.05. The lowest BCUT2D eigenvalue weighted by Crippen LogP contribution is -2.03. The van der Waals surface area contributed by atoms with E-state index in [1.165, 1.54) is 31.2 Å². The summed E-state index contributed by atoms with van der Waals surface area (Å²) in [5.74, 6) is -0.0160. The van der Waals surface area contributed by atoms with Crippen molar-refractivity contribution < 1.29 is 17.6 Å². The third-order valence-corrected chi connectivity index (χ3v) is 3.81. The predicted octanol–water partition coefficient (Wildman–Crippen LogP) is 1.78. The van der Waals surface area contributed by atoms with Gasteiger partial charge in [-0.3, -0.25) is 0 Å². The number of hydrogen-bond acceptors (Lipinski definition) is 4. The average molecular weight is 243 g/mol. The fraction of sp³-hybridized carbons (Fsp3) is 0.300. The van der Waals surface area contributed by atoms with E-state index in [-0.39, 0.29) is 16.2 Å². The fourth-order valence-corrected chi connectivity index (χ4v) is 2.01. The molecule has 0 heterocycles. The number of aliphatic imine (C=N–C) groups is 1. The predicted molar refractivity (Wildman–Crippen MR) is 56.1 cm³/mol. The molecule has 0 N–H and O–H groups in total. The Morgan fingerprint density at radius 3 is 2.38 bits per heavy atom. The maximum absolute atomic E-state index is 13.1. The number of nitrogens with zero attached hydrogens (tertiary/aromatic N) is 1. The zero-order chi connectivity index (χ0) is 12.2. The minimum Gasteiger partial charge on any atom is -0.224 e. The Labute approximate surface area is 92.7 Å². The van der Waals surface area contributed by atoms with Crippen LogP contribution in [0.15, 0.2) is 34.2 Å². The molecule has 0 amide bonds. The van der Waals surface area contributed by atoms with Crippen LogP contribution in [0.4, 0.5) is 4.39 Å². The summed E-state index contributed by atoms with van der Waals surface area (Å²) in [5.41, 5.74) is 0.124. The van der Waals surface area contributed by atoms with Crippen LogP contribution in [0.1, 0.15) is 18.8 Å². The van der Waals surface area contributed by atoms with Crippen LogP contribution in [0.3, 0.4) is 0 Å². The minimum absolute atomic E-state index is 0.0160. The Morgan fingerprint density at radius 2 is 1.94 bits per heavy atom. The zero-order valence-electron chi connectivity index (χ0n) is 8.55. The van der Waals surface area contributed by atoms with Crippen molar-refractivity contribution in [3.8, 4) is 0 Å². The molecular weight excluding hydrogens is 233 g/mol. The molecule has 1 aromatic carbocycles. The van der Waals surface area contributed by atoms with E-state index in [2.05, 4.69) is 4.99 Å². The quantitative estimate of drug-likeness (QED) is 0.460. The van der Waals surface area contributed by atoms with Crippen LogP contribution < -0.4 is 0 Å². The molecule has 0 aliphatic rings. The third-order valence-electron chi connectivity index (χ3n) is 2.06. The summed E-state index contributed by atoms with van der Waals surface area (Å²) in [6.07, 6.45) is -0.692. The molecule has 1 rings (SSSR count). The first-order chi connectivity index (χ1) is 7.51. The molecule has 4 nitrogen and oxygen atoms in total. The van der Waals surface area contributed by atoms with Crippen LogP contribution in [-0.4, -0.2) is 20.3 Å². The standard InChI is InChI=1S/C10H10FNO3S/c1-2-16(14,15)9-5-3-8(4-6-9)10(11)12-7-13/h3-6,10H,2H2,1H3. The van der Waals surface area contributed by atoms with Gasteiger partial charge in [0.2, 0.25) is 12.4 Å². The van der Waals surface area contributed by atoms with Crippen molar-refractivity contribution in [2.24, 2.45) is 4.99 Å². The lowest BCUT2D eigenvalue weighted by Gasteiger charge is -2.04. The zero-order valence-corrected chi connectivity index (χ0v) is 9.37. The highest BCUT2D eigenvalue weighted by Crippen LogP contribution is 2.20. The number of hydrogen-bond donors (Lipinski definition) is 0. The Morgan fingerprint density at radius 1 is 1.38 bits per heavy atom. The van der Waals surface area contributed by atoms with Crippen molar-refractivity contribution in [1.82, 2.24) is 0 Å². The molecule has 0 bridgehead atoms. The summed E-state index contributed by atoms with van der Waals surface area (Å²) >= 11 is 0. The van der Waals surface area contributed by atoms with Gasteiger partial charge in [-0.2, -0.15) is 4.99 Å². The van der Waals surface area contributed by atoms with E-state index in [9.17, 15) is 17.6 Å². The topological polar surface area (TPSA) is 63.6 Å². The first-order valence-electron chi connectivity index (χ1n) is 4.55. The van der Waals surface area contributed by atoms with E-state index in [4.69, 9.17) is 0 Å². The van der Waals surface area contributed by atoms with E-state index in [0.29, 0.717) is 0 Å². The summed E-state index contributed by atoms with van der Waals surface area (Å²) in [5, 5.41) is 0. The first kappa shape index (κ1) is 12.5. The van der Waals surface area contributed by atoms with Crippen molar-refractivity contribution in [3.05, 3.63) is 29.8 Å². The van der Waals surface area contributed by atoms with Gasteiger partial charge in [0, 0.05) is 5.56 Å². The smallest absolute Gasteiger partial charge is 0.224 e. The molecule has 1 atom stereocenters. The van der Waals surface area contributed by atoms with E-state index in [1.54, 1.807) is 0 Å². The molecule has 1 aromatic rings. The maximum Gasteiger partial charge on any atom is 0.238 e. The molecule has 16 heavy (non-hydrogen) atoms. The SMILES string of the molecule is CCS(=O)(=O)c1ccc(C(F)N=C=O)cc1. The second-order valence-corrected chi connectivity index (χ2v) is 5.31. The van der Waals surface area contributed by atoms with Crippen molar-refractivity contribution in [2.45, 2.75) is 18.1 Å². The molecule has 0 saturated carbocycles. The number of rotatable bonds is 4. The molecule has 0 saturated heterocycles. The van der Waals surface area contributed by atoms with E-state index < -0.39 is 16.1 Å². The van der Waals surface area contributed by atoms with Gasteiger partial charge in [-0.05, 0) is 12.1 Å². The number of benzene rings is 1. The van der Waals surface area contributed by atoms with Gasteiger partial charge in [0.05, 0.1) is 10.6 Å². The number of carbonyl (C=O) groups excluding carboxylic acids is 1. The maximum atomic E-state index is 13.1. The Bertz CT molecular complexity index is 503. The van der Waals surface area contributed by atoms with Gasteiger partial charge in [-0.1, -0.05) is 19.1 Å². The van der Waals surface area contributed by atoms with Gasteiger partial charge in [0.15, 0.2) is 9.84 Å². The fourth-order valence-electron chi connectivity index (χ4n) is 1.12. The monoisotopic (exact) mass is 243 g/mol. The van der Waals surface area contributed by atoms with Crippen LogP contribution >= 0.6 is 0 Å². The summed E-state index contributed by atoms with van der Waals surface area (Å²) in [6, 6.07) is 5.16. The van der Waals surface area contributed by atoms with E-state index >= 15 is 0 Å². The normalized spacial score (nSPS) is 12.9. The van der Waals surface area contributed by atoms with Crippen LogP contribution in [0.2, 0.25) is 0 Å². The van der Waals surface area contributed by atoms with Crippen molar-refractivity contribution >= 4 is 15.9 Å². The summed E-state index contributed by atoms with van der Waals surface area (Å²) in [7, 11) is -3.28. The molecule has 86 valence electrons. The van der Waals surface area contributed by atoms with Crippen LogP contribution in [0.25, 0.3) is 0 Å². The van der Waals surface area contributed by atoms with Gasteiger partial charge in [0.1, 0.15) is 0 Å². The van der Waals surface area contributed by atoms with Crippen LogP contribution in [0.5, 0.6) is 0 Å². The van der Waals surface area contributed by atoms with Gasteiger partial charge < -0.3 is 0 Å². The summed E-state index contributed by atoms with van der Waals surface area (Å²) < 4.78 is 35.9. The van der Waals surface area contributed by atoms with Crippen molar-refractivity contribution in [1.29, 1.82) is 0 Å². The highest BCUT2D eigenvalue weighted by Gasteiger charge is 2.13. The number of sulfone groups is 1. The lowest BCUT2D eigenvalue weighted by atomic mass is 10.2. The van der Waals surface area contributed by atoms with Gasteiger partial charge in [-0.25, -0.2) is 17.6 Å². The van der Waals surface area contributed by atoms with Gasteiger partial charge in [-0.15, -0.1) is 0 Å². The first-order valence-corrected chi connectivity index (χ1v) is 6.20. The van der Waals surface area contributed by atoms with Gasteiger partial charge >= 0.3 is 0 Å². The second-order valence-electron chi connectivity index (χ2n) is 3.03. The molecule has 0 aliphatic heterocycles. The summed E-state index contributed by atoms with van der Waals surface area (Å²) in [6.45, 7) is 1.53. The Kier molecular flexibility index (Phi) is 3.93. The highest BCUT2D eigenvalue weighted by molar-refractivity contribution is 7.91. The van der Waals surface area contributed by atoms with Crippen molar-refractivity contribution in [3.63, 3.8) is 0 Å². The van der Waals surface area contributed by atoms with Crippen LogP contribution in [-0.2, 0) is 14.6 Å². The molecule has 0 fully saturated rings. The summed E-state index contributed by atoms with van der Waals surface area (Å²) in [4.78, 5) is 12.8. The third kappa shape index (κ3) is 2.74. The van der Waals surface area contributed by atoms with E-state index in [0.717, 1.165) is 6.08 Å². The largest absolute Gasteiger partial charge is 0.238 e. The molecule has 1 unspecified atom stereocenters. The molecule has 0 aromatic heterocycles. The highest BCUT2D eigenvalue weighted by atomic mass is 32.2. The number of isocyanates is 1. The molecule has 0 radical (unpaired) electrons. The van der Waals surface area contributed by atoms with E-state index in [1.807, 2.05) is 0 Å². The molecule has 0 aliphatic carbocycles. The van der Waals surface area contributed by atoms with Gasteiger partial charge in [0.25, 0.3) is 0 Å². The molecular formula is C10H10FNO3S. The Hall–Kier alpha value is -1.52. The number of alkyl halides is 1. The lowest BCUT2D eigenvalue weighted by molar-refractivity contribution is 0.356. The number of halogens is 1. The minimum atomic E-state index is -3.28. The average Bonchev–Trinajstić information content (AvgIpc) is 2.29. The second kappa shape index (κ2) is 5.01. The van der Waals surface area contributed by atoms with Crippen molar-refractivity contribution in [2.75, 3.05) is 5.75 Å².